The van der Waals surface area contributed by atoms with Crippen molar-refractivity contribution < 1.29 is 13.2 Å². The van der Waals surface area contributed by atoms with Crippen LogP contribution >= 0.6 is 0 Å². The molecule has 0 amide bonds. The average Bonchev–Trinajstić information content (AvgIpc) is 3.12. The van der Waals surface area contributed by atoms with Crippen LogP contribution in [0.25, 0.3) is 10.9 Å². The number of methoxy groups -OCH3 is 1. The van der Waals surface area contributed by atoms with Crippen molar-refractivity contribution in [3.05, 3.63) is 59.8 Å². The van der Waals surface area contributed by atoms with E-state index in [4.69, 9.17) is 4.74 Å². The Bertz CT molecular complexity index is 1030. The van der Waals surface area contributed by atoms with E-state index >= 15 is 0 Å². The van der Waals surface area contributed by atoms with Crippen molar-refractivity contribution in [2.24, 2.45) is 0 Å². The molecule has 2 aromatic carbocycles. The molecule has 1 aliphatic rings. The third kappa shape index (κ3) is 3.35. The molecule has 2 heterocycles. The van der Waals surface area contributed by atoms with Crippen molar-refractivity contribution >= 4 is 20.9 Å². The van der Waals surface area contributed by atoms with Crippen molar-refractivity contribution in [1.29, 1.82) is 0 Å². The van der Waals surface area contributed by atoms with Crippen LogP contribution in [0.5, 0.6) is 5.75 Å². The number of nitrogens with one attached hydrogen (secondary N) is 1. The minimum atomic E-state index is -3.47. The minimum Gasteiger partial charge on any atom is -0.496 e. The van der Waals surface area contributed by atoms with Gasteiger partial charge in [0.1, 0.15) is 5.75 Å². The van der Waals surface area contributed by atoms with E-state index in [0.29, 0.717) is 29.7 Å². The van der Waals surface area contributed by atoms with Crippen LogP contribution in [0.4, 0.5) is 0 Å². The molecule has 1 aromatic heterocycles. The highest BCUT2D eigenvalue weighted by atomic mass is 32.2. The molecule has 5 nitrogen and oxygen atoms in total. The summed E-state index contributed by atoms with van der Waals surface area (Å²) in [7, 11) is -1.88. The summed E-state index contributed by atoms with van der Waals surface area (Å²) < 4.78 is 32.8. The van der Waals surface area contributed by atoms with Gasteiger partial charge >= 0.3 is 0 Å². The first-order valence-corrected chi connectivity index (χ1v) is 10.7. The molecule has 0 saturated carbocycles. The second-order valence-electron chi connectivity index (χ2n) is 7.12. The van der Waals surface area contributed by atoms with Crippen LogP contribution in [0, 0.1) is 6.92 Å². The lowest BCUT2D eigenvalue weighted by Gasteiger charge is -2.31. The zero-order valence-corrected chi connectivity index (χ0v) is 16.4. The molecule has 4 rings (SSSR count). The molecule has 1 aliphatic heterocycles. The summed E-state index contributed by atoms with van der Waals surface area (Å²) in [5.41, 5.74) is 3.16. The first-order valence-electron chi connectivity index (χ1n) is 9.21. The molecule has 6 heteroatoms. The number of nitrogens with zero attached hydrogens (tertiary/aromatic N) is 1. The molecule has 0 aliphatic carbocycles. The Morgan fingerprint density at radius 2 is 1.81 bits per heavy atom. The summed E-state index contributed by atoms with van der Waals surface area (Å²) in [5, 5.41) is 1.20. The lowest BCUT2D eigenvalue weighted by molar-refractivity contribution is 0.317. The molecule has 0 spiro atoms. The maximum absolute atomic E-state index is 13.0. The second-order valence-corrected chi connectivity index (χ2v) is 9.06. The normalized spacial score (nSPS) is 16.7. The molecule has 27 heavy (non-hydrogen) atoms. The number of benzene rings is 2. The summed E-state index contributed by atoms with van der Waals surface area (Å²) in [4.78, 5) is 3.83. The highest BCUT2D eigenvalue weighted by molar-refractivity contribution is 7.89. The molecule has 0 unspecified atom stereocenters. The van der Waals surface area contributed by atoms with Gasteiger partial charge in [-0.1, -0.05) is 18.2 Å². The molecule has 0 radical (unpaired) electrons. The number of H-pyrrole nitrogens is 1. The maximum Gasteiger partial charge on any atom is 0.243 e. The number of aromatic nitrogens is 1. The fraction of sp³-hybridized carbons (Fsp3) is 0.333. The van der Waals surface area contributed by atoms with Crippen LogP contribution in [-0.2, 0) is 10.0 Å². The predicted molar refractivity (Wildman–Crippen MR) is 107 cm³/mol. The molecule has 1 saturated heterocycles. The van der Waals surface area contributed by atoms with Gasteiger partial charge in [0.05, 0.1) is 12.0 Å². The van der Waals surface area contributed by atoms with Gasteiger partial charge in [-0.05, 0) is 61.0 Å². The summed E-state index contributed by atoms with van der Waals surface area (Å²) in [5.74, 6) is 1.06. The van der Waals surface area contributed by atoms with Gasteiger partial charge in [0, 0.05) is 30.2 Å². The first kappa shape index (κ1) is 18.1. The third-order valence-corrected chi connectivity index (χ3v) is 7.34. The monoisotopic (exact) mass is 384 g/mol. The van der Waals surface area contributed by atoms with Crippen molar-refractivity contribution in [2.45, 2.75) is 30.6 Å². The number of aromatic amines is 1. The van der Waals surface area contributed by atoms with Crippen LogP contribution in [0.1, 0.15) is 30.0 Å². The Balaban J connectivity index is 1.50. The SMILES string of the molecule is COc1ccc(S(=O)(=O)N2CCC(c3cc4ccccc4[nH]3)CC2)cc1C. The van der Waals surface area contributed by atoms with Crippen LogP contribution in [0.3, 0.4) is 0 Å². The Kier molecular flexibility index (Phi) is 4.70. The Morgan fingerprint density at radius 3 is 2.48 bits per heavy atom. The summed E-state index contributed by atoms with van der Waals surface area (Å²) in [6.07, 6.45) is 1.64. The molecule has 1 fully saturated rings. The van der Waals surface area contributed by atoms with Crippen molar-refractivity contribution in [1.82, 2.24) is 9.29 Å². The van der Waals surface area contributed by atoms with Crippen molar-refractivity contribution in [3.63, 3.8) is 0 Å². The highest BCUT2D eigenvalue weighted by Gasteiger charge is 2.30. The smallest absolute Gasteiger partial charge is 0.243 e. The molecular formula is C21H24N2O3S. The van der Waals surface area contributed by atoms with Gasteiger partial charge in [0.2, 0.25) is 10.0 Å². The standard InChI is InChI=1S/C21H24N2O3S/c1-15-13-18(7-8-21(15)26-2)27(24,25)23-11-9-16(10-12-23)20-14-17-5-3-4-6-19(17)22-20/h3-8,13-14,16,22H,9-12H2,1-2H3. The van der Waals surface area contributed by atoms with Crippen LogP contribution in [0.2, 0.25) is 0 Å². The van der Waals surface area contributed by atoms with E-state index in [-0.39, 0.29) is 0 Å². The number of piperidine rings is 1. The van der Waals surface area contributed by atoms with Gasteiger partial charge in [-0.15, -0.1) is 0 Å². The zero-order valence-electron chi connectivity index (χ0n) is 15.6. The molecule has 3 aromatic rings. The zero-order chi connectivity index (χ0) is 19.0. The Hall–Kier alpha value is -2.31. The van der Waals surface area contributed by atoms with Gasteiger partial charge in [0.25, 0.3) is 0 Å². The number of para-hydroxylation sites is 1. The van der Waals surface area contributed by atoms with Gasteiger partial charge in [-0.25, -0.2) is 8.42 Å². The lowest BCUT2D eigenvalue weighted by atomic mass is 9.95. The van der Waals surface area contributed by atoms with Gasteiger partial charge in [0.15, 0.2) is 0 Å². The number of hydrogen-bond donors (Lipinski definition) is 1. The minimum absolute atomic E-state index is 0.338. The quantitative estimate of drug-likeness (QED) is 0.738. The van der Waals surface area contributed by atoms with E-state index in [9.17, 15) is 8.42 Å². The van der Waals surface area contributed by atoms with E-state index in [2.05, 4.69) is 23.2 Å². The van der Waals surface area contributed by atoms with E-state index < -0.39 is 10.0 Å². The summed E-state index contributed by atoms with van der Waals surface area (Å²) in [6, 6.07) is 15.5. The molecule has 1 N–H and O–H groups in total. The van der Waals surface area contributed by atoms with E-state index in [1.807, 2.05) is 19.1 Å². The van der Waals surface area contributed by atoms with Gasteiger partial charge in [-0.2, -0.15) is 4.31 Å². The molecule has 0 bridgehead atoms. The fourth-order valence-corrected chi connectivity index (χ4v) is 5.44. The lowest BCUT2D eigenvalue weighted by Crippen LogP contribution is -2.38. The predicted octanol–water partition coefficient (Wildman–Crippen LogP) is 4.05. The van der Waals surface area contributed by atoms with E-state index in [1.165, 1.54) is 11.1 Å². The van der Waals surface area contributed by atoms with E-state index in [0.717, 1.165) is 23.9 Å². The summed E-state index contributed by atoms with van der Waals surface area (Å²) in [6.45, 7) is 2.93. The number of ether oxygens (including phenoxy) is 1. The van der Waals surface area contributed by atoms with Gasteiger partial charge < -0.3 is 9.72 Å². The highest BCUT2D eigenvalue weighted by Crippen LogP contribution is 2.32. The third-order valence-electron chi connectivity index (χ3n) is 5.45. The largest absolute Gasteiger partial charge is 0.496 e. The van der Waals surface area contributed by atoms with Crippen molar-refractivity contribution in [2.75, 3.05) is 20.2 Å². The molecule has 0 atom stereocenters. The number of aryl methyl sites for hydroxylation is 1. The topological polar surface area (TPSA) is 62.4 Å². The second kappa shape index (κ2) is 7.02. The van der Waals surface area contributed by atoms with Gasteiger partial charge in [-0.3, -0.25) is 0 Å². The van der Waals surface area contributed by atoms with Crippen LogP contribution in [-0.4, -0.2) is 37.9 Å². The van der Waals surface area contributed by atoms with Crippen LogP contribution < -0.4 is 4.74 Å². The molecular weight excluding hydrogens is 360 g/mol. The summed E-state index contributed by atoms with van der Waals surface area (Å²) >= 11 is 0. The number of hydrogen-bond acceptors (Lipinski definition) is 3. The Morgan fingerprint density at radius 1 is 1.07 bits per heavy atom. The average molecular weight is 385 g/mol. The number of rotatable bonds is 4. The maximum atomic E-state index is 13.0. The fourth-order valence-electron chi connectivity index (χ4n) is 3.88. The molecule has 142 valence electrons. The number of fused-ring (bicyclic) bond motifs is 1. The van der Waals surface area contributed by atoms with Crippen molar-refractivity contribution in [3.8, 4) is 5.75 Å². The van der Waals surface area contributed by atoms with Crippen LogP contribution in [0.15, 0.2) is 53.4 Å². The first-order chi connectivity index (χ1) is 13.0. The Labute approximate surface area is 160 Å². The van der Waals surface area contributed by atoms with E-state index in [1.54, 1.807) is 29.6 Å². The number of sulfonamides is 1.